The number of carbonyl (C=O) groups excluding carboxylic acids is 1. The molecule has 2 aromatic carbocycles. The van der Waals surface area contributed by atoms with Gasteiger partial charge in [0.2, 0.25) is 10.0 Å². The smallest absolute Gasteiger partial charge is 0.261 e. The van der Waals surface area contributed by atoms with Crippen LogP contribution in [0.5, 0.6) is 11.5 Å². The molecule has 0 fully saturated rings. The Morgan fingerprint density at radius 3 is 2.30 bits per heavy atom. The number of sulfonamides is 1. The van der Waals surface area contributed by atoms with Gasteiger partial charge in [-0.1, -0.05) is 19.1 Å². The lowest BCUT2D eigenvalue weighted by Crippen LogP contribution is -2.38. The Balaban J connectivity index is 2.03. The quantitative estimate of drug-likeness (QED) is 0.654. The minimum absolute atomic E-state index is 0.140. The highest BCUT2D eigenvalue weighted by molar-refractivity contribution is 7.92. The van der Waals surface area contributed by atoms with Gasteiger partial charge in [-0.25, -0.2) is 8.42 Å². The number of carbonyl (C=O) groups is 1. The molecule has 2 rings (SSSR count). The molecule has 0 heterocycles. The predicted molar refractivity (Wildman–Crippen MR) is 119 cm³/mol. The molecule has 1 N–H and O–H groups in total. The molecule has 0 saturated heterocycles. The van der Waals surface area contributed by atoms with Crippen molar-refractivity contribution in [1.82, 2.24) is 5.32 Å². The summed E-state index contributed by atoms with van der Waals surface area (Å²) >= 11 is 0. The van der Waals surface area contributed by atoms with Crippen molar-refractivity contribution < 1.29 is 22.7 Å². The van der Waals surface area contributed by atoms with Crippen molar-refractivity contribution in [3.63, 3.8) is 0 Å². The summed E-state index contributed by atoms with van der Waals surface area (Å²) in [5, 5.41) is 3.02. The van der Waals surface area contributed by atoms with Crippen LogP contribution in [0.1, 0.15) is 37.4 Å². The number of hydrogen-bond acceptors (Lipinski definition) is 5. The van der Waals surface area contributed by atoms with Crippen molar-refractivity contribution in [2.45, 2.75) is 39.3 Å². The number of ether oxygens (including phenoxy) is 2. The maximum Gasteiger partial charge on any atom is 0.261 e. The minimum Gasteiger partial charge on any atom is -0.496 e. The van der Waals surface area contributed by atoms with Crippen LogP contribution in [-0.2, 0) is 14.8 Å². The lowest BCUT2D eigenvalue weighted by Gasteiger charge is -2.22. The average Bonchev–Trinajstić information content (AvgIpc) is 2.71. The summed E-state index contributed by atoms with van der Waals surface area (Å²) in [6.45, 7) is 5.65. The average molecular weight is 435 g/mol. The van der Waals surface area contributed by atoms with Gasteiger partial charge >= 0.3 is 0 Å². The molecular weight excluding hydrogens is 404 g/mol. The third-order valence-corrected chi connectivity index (χ3v) is 6.13. The van der Waals surface area contributed by atoms with Crippen LogP contribution in [0, 0.1) is 6.92 Å². The molecule has 2 atom stereocenters. The van der Waals surface area contributed by atoms with Crippen molar-refractivity contribution in [2.24, 2.45) is 0 Å². The van der Waals surface area contributed by atoms with E-state index in [2.05, 4.69) is 5.32 Å². The Morgan fingerprint density at radius 1 is 1.17 bits per heavy atom. The van der Waals surface area contributed by atoms with Gasteiger partial charge in [0.15, 0.2) is 6.10 Å². The number of nitrogens with zero attached hydrogens (tertiary/aromatic N) is 1. The molecule has 2 aromatic rings. The van der Waals surface area contributed by atoms with Gasteiger partial charge < -0.3 is 14.8 Å². The highest BCUT2D eigenvalue weighted by atomic mass is 32.2. The zero-order valence-corrected chi connectivity index (χ0v) is 19.1. The summed E-state index contributed by atoms with van der Waals surface area (Å²) in [5.41, 5.74) is 2.53. The number of rotatable bonds is 9. The number of amides is 1. The Kier molecular flexibility index (Phi) is 7.72. The van der Waals surface area contributed by atoms with Crippen molar-refractivity contribution in [2.75, 3.05) is 24.7 Å². The fraction of sp³-hybridized carbons (Fsp3) is 0.409. The molecule has 1 amide bonds. The summed E-state index contributed by atoms with van der Waals surface area (Å²) in [6, 6.07) is 12.3. The van der Waals surface area contributed by atoms with Gasteiger partial charge in [0.1, 0.15) is 11.5 Å². The molecule has 164 valence electrons. The second-order valence-corrected chi connectivity index (χ2v) is 9.20. The van der Waals surface area contributed by atoms with Crippen LogP contribution in [0.25, 0.3) is 0 Å². The van der Waals surface area contributed by atoms with Crippen LogP contribution < -0.4 is 19.1 Å². The van der Waals surface area contributed by atoms with Crippen LogP contribution in [-0.4, -0.2) is 40.8 Å². The molecule has 0 saturated carbocycles. The highest BCUT2D eigenvalue weighted by Crippen LogP contribution is 2.25. The van der Waals surface area contributed by atoms with E-state index in [0.717, 1.165) is 29.6 Å². The fourth-order valence-electron chi connectivity index (χ4n) is 3.01. The molecule has 0 aliphatic rings. The van der Waals surface area contributed by atoms with E-state index >= 15 is 0 Å². The molecule has 30 heavy (non-hydrogen) atoms. The molecule has 0 aromatic heterocycles. The predicted octanol–water partition coefficient (Wildman–Crippen LogP) is 3.43. The van der Waals surface area contributed by atoms with Crippen LogP contribution in [0.3, 0.4) is 0 Å². The van der Waals surface area contributed by atoms with E-state index in [1.807, 2.05) is 32.0 Å². The van der Waals surface area contributed by atoms with Crippen molar-refractivity contribution in [3.8, 4) is 11.5 Å². The topological polar surface area (TPSA) is 84.9 Å². The lowest BCUT2D eigenvalue weighted by molar-refractivity contribution is -0.128. The zero-order chi connectivity index (χ0) is 22.5. The first-order chi connectivity index (χ1) is 14.1. The Morgan fingerprint density at radius 2 is 1.80 bits per heavy atom. The standard InChI is InChI=1S/C22H30N2O5S/c1-7-20(17-8-13-21(28-5)15(2)14-17)23-22(25)16(3)29-19-11-9-18(10-12-19)24(4)30(6,26)27/h8-14,16,20H,7H2,1-6H3,(H,23,25)/t16-,20+/m0/s1. The van der Waals surface area contributed by atoms with E-state index in [1.165, 1.54) is 11.4 Å². The van der Waals surface area contributed by atoms with E-state index < -0.39 is 16.1 Å². The highest BCUT2D eigenvalue weighted by Gasteiger charge is 2.20. The van der Waals surface area contributed by atoms with Gasteiger partial charge in [-0.2, -0.15) is 0 Å². The third kappa shape index (κ3) is 5.89. The first-order valence-electron chi connectivity index (χ1n) is 9.72. The fourth-order valence-corrected chi connectivity index (χ4v) is 3.52. The molecule has 0 spiro atoms. The third-order valence-electron chi connectivity index (χ3n) is 4.93. The van der Waals surface area contributed by atoms with Crippen LogP contribution in [0.2, 0.25) is 0 Å². The molecule has 0 aliphatic heterocycles. The Hall–Kier alpha value is -2.74. The zero-order valence-electron chi connectivity index (χ0n) is 18.3. The maximum absolute atomic E-state index is 12.7. The van der Waals surface area contributed by atoms with Gasteiger partial charge in [0, 0.05) is 7.05 Å². The molecule has 7 nitrogen and oxygen atoms in total. The van der Waals surface area contributed by atoms with Gasteiger partial charge in [-0.05, 0) is 61.7 Å². The van der Waals surface area contributed by atoms with Crippen LogP contribution in [0.15, 0.2) is 42.5 Å². The van der Waals surface area contributed by atoms with Crippen LogP contribution in [0.4, 0.5) is 5.69 Å². The molecule has 0 aliphatic carbocycles. The SMILES string of the molecule is CC[C@@H](NC(=O)[C@H](C)Oc1ccc(N(C)S(C)(=O)=O)cc1)c1ccc(OC)c(C)c1. The van der Waals surface area contributed by atoms with E-state index in [1.54, 1.807) is 38.3 Å². The summed E-state index contributed by atoms with van der Waals surface area (Å²) in [5.74, 6) is 1.06. The van der Waals surface area contributed by atoms with Gasteiger partial charge in [0.25, 0.3) is 5.91 Å². The van der Waals surface area contributed by atoms with Crippen molar-refractivity contribution in [1.29, 1.82) is 0 Å². The number of methoxy groups -OCH3 is 1. The lowest BCUT2D eigenvalue weighted by atomic mass is 10.0. The molecule has 8 heteroatoms. The first kappa shape index (κ1) is 23.5. The summed E-state index contributed by atoms with van der Waals surface area (Å²) in [7, 11) is -0.225. The molecule has 0 unspecified atom stereocenters. The first-order valence-corrected chi connectivity index (χ1v) is 11.6. The second kappa shape index (κ2) is 9.84. The van der Waals surface area contributed by atoms with Crippen LogP contribution >= 0.6 is 0 Å². The number of hydrogen-bond donors (Lipinski definition) is 1. The summed E-state index contributed by atoms with van der Waals surface area (Å²) < 4.78 is 35.5. The minimum atomic E-state index is -3.34. The largest absolute Gasteiger partial charge is 0.496 e. The van der Waals surface area contributed by atoms with Gasteiger partial charge in [-0.15, -0.1) is 0 Å². The monoisotopic (exact) mass is 434 g/mol. The van der Waals surface area contributed by atoms with E-state index in [4.69, 9.17) is 9.47 Å². The number of anilines is 1. The maximum atomic E-state index is 12.7. The summed E-state index contributed by atoms with van der Waals surface area (Å²) in [4.78, 5) is 12.7. The Labute approximate surface area is 179 Å². The molecular formula is C22H30N2O5S. The normalized spacial score (nSPS) is 13.3. The Bertz CT molecular complexity index is 974. The van der Waals surface area contributed by atoms with Crippen molar-refractivity contribution in [3.05, 3.63) is 53.6 Å². The summed E-state index contributed by atoms with van der Waals surface area (Å²) in [6.07, 6.45) is 1.16. The van der Waals surface area contributed by atoms with Gasteiger partial charge in [0.05, 0.1) is 25.1 Å². The second-order valence-electron chi connectivity index (χ2n) is 7.18. The number of benzene rings is 2. The van der Waals surface area contributed by atoms with E-state index in [9.17, 15) is 13.2 Å². The number of nitrogens with one attached hydrogen (secondary N) is 1. The van der Waals surface area contributed by atoms with Crippen molar-refractivity contribution >= 4 is 21.6 Å². The molecule has 0 radical (unpaired) electrons. The molecule has 0 bridgehead atoms. The van der Waals surface area contributed by atoms with E-state index in [-0.39, 0.29) is 11.9 Å². The van der Waals surface area contributed by atoms with Gasteiger partial charge in [-0.3, -0.25) is 9.10 Å². The number of aryl methyl sites for hydroxylation is 1. The van der Waals surface area contributed by atoms with E-state index in [0.29, 0.717) is 11.4 Å².